The minimum atomic E-state index is -0.367. The fourth-order valence-corrected chi connectivity index (χ4v) is 1.84. The normalized spacial score (nSPS) is 10.4. The van der Waals surface area contributed by atoms with Gasteiger partial charge in [0.05, 0.1) is 12.1 Å². The Bertz CT molecular complexity index is 501. The lowest BCUT2D eigenvalue weighted by atomic mass is 10.1. The molecule has 5 nitrogen and oxygen atoms in total. The molecule has 0 fully saturated rings. The van der Waals surface area contributed by atoms with Crippen molar-refractivity contribution in [2.24, 2.45) is 0 Å². The van der Waals surface area contributed by atoms with E-state index in [4.69, 9.17) is 5.73 Å². The van der Waals surface area contributed by atoms with Crippen molar-refractivity contribution in [3.8, 4) is 0 Å². The molecule has 0 aliphatic carbocycles. The van der Waals surface area contributed by atoms with Crippen LogP contribution in [-0.2, 0) is 4.79 Å². The van der Waals surface area contributed by atoms with Crippen molar-refractivity contribution in [3.05, 3.63) is 28.2 Å². The fraction of sp³-hybridized carbons (Fsp3) is 0.385. The lowest BCUT2D eigenvalue weighted by Crippen LogP contribution is -2.45. The first-order valence-corrected chi connectivity index (χ1v) is 6.62. The zero-order chi connectivity index (χ0) is 14.6. The molecular formula is C13H19BrClN3O2. The zero-order valence-electron chi connectivity index (χ0n) is 11.6. The van der Waals surface area contributed by atoms with Crippen LogP contribution in [0.3, 0.4) is 0 Å². The van der Waals surface area contributed by atoms with E-state index in [-0.39, 0.29) is 36.3 Å². The van der Waals surface area contributed by atoms with Crippen molar-refractivity contribution in [2.75, 3.05) is 12.3 Å². The fourth-order valence-electron chi connectivity index (χ4n) is 1.46. The van der Waals surface area contributed by atoms with E-state index in [1.54, 1.807) is 18.2 Å². The molecule has 0 heterocycles. The molecule has 0 aromatic heterocycles. The highest BCUT2D eigenvalue weighted by atomic mass is 79.9. The molecule has 0 aliphatic rings. The number of hydrogen-bond acceptors (Lipinski definition) is 3. The summed E-state index contributed by atoms with van der Waals surface area (Å²) in [5.74, 6) is -0.606. The number of amides is 2. The average Bonchev–Trinajstić information content (AvgIpc) is 2.23. The summed E-state index contributed by atoms with van der Waals surface area (Å²) in [5, 5.41) is 5.29. The van der Waals surface area contributed by atoms with Crippen molar-refractivity contribution in [3.63, 3.8) is 0 Å². The molecule has 1 aromatic rings. The Balaban J connectivity index is 0.00000361. The third-order valence-corrected chi connectivity index (χ3v) is 2.68. The lowest BCUT2D eigenvalue weighted by Gasteiger charge is -2.20. The first-order valence-electron chi connectivity index (χ1n) is 5.83. The molecule has 0 saturated carbocycles. The number of anilines is 1. The summed E-state index contributed by atoms with van der Waals surface area (Å²) in [5.41, 5.74) is 6.14. The van der Waals surface area contributed by atoms with Gasteiger partial charge in [-0.05, 0) is 39.0 Å². The van der Waals surface area contributed by atoms with Gasteiger partial charge in [0.2, 0.25) is 5.91 Å². The van der Waals surface area contributed by atoms with Gasteiger partial charge >= 0.3 is 0 Å². The van der Waals surface area contributed by atoms with Crippen LogP contribution in [0.15, 0.2) is 22.7 Å². The third kappa shape index (κ3) is 6.25. The standard InChI is InChI=1S/C13H18BrN3O2.ClH/c1-13(2,3)17-11(18)7-16-12(19)9-5-4-8(14)6-10(9)15;/h4-6H,7,15H2,1-3H3,(H,16,19)(H,17,18);1H. The minimum Gasteiger partial charge on any atom is -0.398 e. The second kappa shape index (κ2) is 7.50. The van der Waals surface area contributed by atoms with E-state index in [1.165, 1.54) is 0 Å². The molecule has 4 N–H and O–H groups in total. The number of halogens is 2. The summed E-state index contributed by atoms with van der Waals surface area (Å²) in [4.78, 5) is 23.4. The molecule has 7 heteroatoms. The minimum absolute atomic E-state index is 0. The largest absolute Gasteiger partial charge is 0.398 e. The van der Waals surface area contributed by atoms with Crippen LogP contribution in [0.25, 0.3) is 0 Å². The van der Waals surface area contributed by atoms with Crippen LogP contribution in [-0.4, -0.2) is 23.9 Å². The van der Waals surface area contributed by atoms with Crippen LogP contribution in [0.1, 0.15) is 31.1 Å². The molecule has 20 heavy (non-hydrogen) atoms. The quantitative estimate of drug-likeness (QED) is 0.718. The molecule has 0 aliphatic heterocycles. The summed E-state index contributed by atoms with van der Waals surface area (Å²) in [7, 11) is 0. The Hall–Kier alpha value is -1.27. The van der Waals surface area contributed by atoms with Crippen molar-refractivity contribution < 1.29 is 9.59 Å². The SMILES string of the molecule is CC(C)(C)NC(=O)CNC(=O)c1ccc(Br)cc1N.Cl. The van der Waals surface area contributed by atoms with Gasteiger partial charge in [0, 0.05) is 15.7 Å². The van der Waals surface area contributed by atoms with Gasteiger partial charge in [-0.3, -0.25) is 9.59 Å². The first kappa shape index (κ1) is 18.7. The van der Waals surface area contributed by atoms with Crippen LogP contribution in [0.2, 0.25) is 0 Å². The predicted octanol–water partition coefficient (Wildman–Crippen LogP) is 2.10. The van der Waals surface area contributed by atoms with Gasteiger partial charge in [0.25, 0.3) is 5.91 Å². The Morgan fingerprint density at radius 2 is 1.90 bits per heavy atom. The Morgan fingerprint density at radius 1 is 1.30 bits per heavy atom. The monoisotopic (exact) mass is 363 g/mol. The topological polar surface area (TPSA) is 84.2 Å². The number of rotatable bonds is 3. The average molecular weight is 365 g/mol. The third-order valence-electron chi connectivity index (χ3n) is 2.18. The van der Waals surface area contributed by atoms with E-state index in [2.05, 4.69) is 26.6 Å². The number of hydrogen-bond donors (Lipinski definition) is 3. The Morgan fingerprint density at radius 3 is 2.40 bits per heavy atom. The number of nitrogens with two attached hydrogens (primary N) is 1. The van der Waals surface area contributed by atoms with Crippen molar-refractivity contribution in [2.45, 2.75) is 26.3 Å². The summed E-state index contributed by atoms with van der Waals surface area (Å²) in [6.45, 7) is 5.55. The van der Waals surface area contributed by atoms with Gasteiger partial charge in [-0.2, -0.15) is 0 Å². The highest BCUT2D eigenvalue weighted by molar-refractivity contribution is 9.10. The number of nitrogens with one attached hydrogen (secondary N) is 2. The molecule has 0 unspecified atom stereocenters. The van der Waals surface area contributed by atoms with Crippen LogP contribution in [0.4, 0.5) is 5.69 Å². The molecule has 0 radical (unpaired) electrons. The van der Waals surface area contributed by atoms with Gasteiger partial charge < -0.3 is 16.4 Å². The maximum absolute atomic E-state index is 11.9. The smallest absolute Gasteiger partial charge is 0.253 e. The lowest BCUT2D eigenvalue weighted by molar-refractivity contribution is -0.121. The number of carbonyl (C=O) groups is 2. The Kier molecular flexibility index (Phi) is 7.02. The molecule has 0 saturated heterocycles. The Labute approximate surface area is 133 Å². The van der Waals surface area contributed by atoms with E-state index < -0.39 is 0 Å². The van der Waals surface area contributed by atoms with E-state index in [0.29, 0.717) is 11.3 Å². The zero-order valence-corrected chi connectivity index (χ0v) is 14.0. The van der Waals surface area contributed by atoms with Crippen molar-refractivity contribution >= 4 is 45.8 Å². The predicted molar refractivity (Wildman–Crippen MR) is 86.0 cm³/mol. The molecule has 0 spiro atoms. The van der Waals surface area contributed by atoms with Gasteiger partial charge in [-0.15, -0.1) is 12.4 Å². The van der Waals surface area contributed by atoms with Gasteiger partial charge in [0.1, 0.15) is 0 Å². The summed E-state index contributed by atoms with van der Waals surface area (Å²) < 4.78 is 0.798. The molecule has 0 bridgehead atoms. The second-order valence-electron chi connectivity index (χ2n) is 5.21. The van der Waals surface area contributed by atoms with Crippen LogP contribution < -0.4 is 16.4 Å². The van der Waals surface area contributed by atoms with Gasteiger partial charge in [-0.25, -0.2) is 0 Å². The summed E-state index contributed by atoms with van der Waals surface area (Å²) in [6.07, 6.45) is 0. The number of nitrogen functional groups attached to an aromatic ring is 1. The molecule has 1 aromatic carbocycles. The van der Waals surface area contributed by atoms with Crippen LogP contribution in [0, 0.1) is 0 Å². The van der Waals surface area contributed by atoms with Crippen molar-refractivity contribution in [1.29, 1.82) is 0 Å². The summed E-state index contributed by atoms with van der Waals surface area (Å²) in [6, 6.07) is 4.97. The molecular weight excluding hydrogens is 346 g/mol. The van der Waals surface area contributed by atoms with Crippen LogP contribution >= 0.6 is 28.3 Å². The highest BCUT2D eigenvalue weighted by Crippen LogP contribution is 2.18. The molecule has 0 atom stereocenters. The first-order chi connectivity index (χ1) is 8.69. The highest BCUT2D eigenvalue weighted by Gasteiger charge is 2.15. The van der Waals surface area contributed by atoms with E-state index >= 15 is 0 Å². The number of carbonyl (C=O) groups excluding carboxylic acids is 2. The molecule has 1 rings (SSSR count). The number of benzene rings is 1. The van der Waals surface area contributed by atoms with Gasteiger partial charge in [0.15, 0.2) is 0 Å². The van der Waals surface area contributed by atoms with Crippen molar-refractivity contribution in [1.82, 2.24) is 10.6 Å². The van der Waals surface area contributed by atoms with E-state index in [0.717, 1.165) is 4.47 Å². The molecule has 2 amide bonds. The molecule has 112 valence electrons. The maximum atomic E-state index is 11.9. The summed E-state index contributed by atoms with van der Waals surface area (Å²) >= 11 is 3.26. The second-order valence-corrected chi connectivity index (χ2v) is 6.13. The maximum Gasteiger partial charge on any atom is 0.253 e. The van der Waals surface area contributed by atoms with E-state index in [9.17, 15) is 9.59 Å². The van der Waals surface area contributed by atoms with E-state index in [1.807, 2.05) is 20.8 Å². The van der Waals surface area contributed by atoms with Gasteiger partial charge in [-0.1, -0.05) is 15.9 Å². The van der Waals surface area contributed by atoms with Crippen LogP contribution in [0.5, 0.6) is 0 Å².